The maximum atomic E-state index is 13.8. The van der Waals surface area contributed by atoms with Gasteiger partial charge in [0.15, 0.2) is 0 Å². The minimum Gasteiger partial charge on any atom is -0.352 e. The van der Waals surface area contributed by atoms with E-state index in [2.05, 4.69) is 5.32 Å². The Hall–Kier alpha value is -3.14. The van der Waals surface area contributed by atoms with Crippen molar-refractivity contribution in [2.45, 2.75) is 44.3 Å². The van der Waals surface area contributed by atoms with Gasteiger partial charge >= 0.3 is 0 Å². The van der Waals surface area contributed by atoms with Gasteiger partial charge < -0.3 is 10.2 Å². The quantitative estimate of drug-likeness (QED) is 0.354. The first kappa shape index (κ1) is 29.4. The fourth-order valence-electron chi connectivity index (χ4n) is 3.68. The van der Waals surface area contributed by atoms with Gasteiger partial charge in [-0.1, -0.05) is 47.5 Å². The van der Waals surface area contributed by atoms with Crippen LogP contribution in [-0.2, 0) is 26.2 Å². The Kier molecular flexibility index (Phi) is 9.76. The minimum absolute atomic E-state index is 0.0687. The molecule has 0 fully saturated rings. The number of hydrogen-bond donors (Lipinski definition) is 1. The monoisotopic (exact) mass is 579 g/mol. The van der Waals surface area contributed by atoms with Gasteiger partial charge in [-0.05, 0) is 74.9 Å². The molecule has 2 amide bonds. The molecule has 0 aromatic heterocycles. The van der Waals surface area contributed by atoms with Crippen LogP contribution in [0.1, 0.15) is 26.3 Å². The number of amides is 2. The van der Waals surface area contributed by atoms with Crippen molar-refractivity contribution in [3.8, 4) is 0 Å². The van der Waals surface area contributed by atoms with Crippen LogP contribution in [0.25, 0.3) is 0 Å². The number of sulfonamides is 1. The van der Waals surface area contributed by atoms with E-state index in [0.717, 1.165) is 28.6 Å². The molecule has 0 saturated heterocycles. The largest absolute Gasteiger partial charge is 0.352 e. The molecular formula is C27H28Cl2FN3O4S. The van der Waals surface area contributed by atoms with E-state index in [-0.39, 0.29) is 23.2 Å². The van der Waals surface area contributed by atoms with E-state index in [1.54, 1.807) is 63.2 Å². The number of hydrogen-bond acceptors (Lipinski definition) is 4. The van der Waals surface area contributed by atoms with E-state index in [0.29, 0.717) is 15.6 Å². The van der Waals surface area contributed by atoms with Gasteiger partial charge in [0.2, 0.25) is 11.8 Å². The van der Waals surface area contributed by atoms with Gasteiger partial charge in [-0.3, -0.25) is 13.9 Å². The highest BCUT2D eigenvalue weighted by Gasteiger charge is 2.33. The lowest BCUT2D eigenvalue weighted by molar-refractivity contribution is -0.139. The first-order valence-electron chi connectivity index (χ1n) is 11.8. The van der Waals surface area contributed by atoms with Crippen molar-refractivity contribution in [3.63, 3.8) is 0 Å². The minimum atomic E-state index is -4.28. The Bertz CT molecular complexity index is 1390. The van der Waals surface area contributed by atoms with Gasteiger partial charge in [0.25, 0.3) is 10.0 Å². The van der Waals surface area contributed by atoms with Crippen LogP contribution in [0.15, 0.2) is 77.7 Å². The second-order valence-corrected chi connectivity index (χ2v) is 11.6. The molecule has 0 radical (unpaired) electrons. The highest BCUT2D eigenvalue weighted by Crippen LogP contribution is 2.26. The molecule has 0 aliphatic rings. The zero-order valence-corrected chi connectivity index (χ0v) is 23.4. The average Bonchev–Trinajstić information content (AvgIpc) is 2.86. The molecule has 3 aromatic carbocycles. The van der Waals surface area contributed by atoms with Gasteiger partial charge in [0.1, 0.15) is 18.4 Å². The molecule has 0 saturated carbocycles. The number of nitrogens with zero attached hydrogens (tertiary/aromatic N) is 2. The summed E-state index contributed by atoms with van der Waals surface area (Å²) in [6, 6.07) is 16.0. The Morgan fingerprint density at radius 3 is 2.16 bits per heavy atom. The molecular weight excluding hydrogens is 552 g/mol. The summed E-state index contributed by atoms with van der Waals surface area (Å²) in [5.41, 5.74) is 0.759. The lowest BCUT2D eigenvalue weighted by atomic mass is 10.1. The molecule has 0 aliphatic heterocycles. The van der Waals surface area contributed by atoms with Gasteiger partial charge in [-0.25, -0.2) is 12.8 Å². The second kappa shape index (κ2) is 12.6. The summed E-state index contributed by atoms with van der Waals surface area (Å²) in [6.07, 6.45) is 0. The number of carbonyl (C=O) groups excluding carboxylic acids is 2. The highest BCUT2D eigenvalue weighted by molar-refractivity contribution is 7.92. The van der Waals surface area contributed by atoms with Crippen molar-refractivity contribution >= 4 is 50.7 Å². The predicted molar refractivity (Wildman–Crippen MR) is 147 cm³/mol. The van der Waals surface area contributed by atoms with Crippen LogP contribution in [0.2, 0.25) is 10.0 Å². The number of halogens is 3. The molecule has 0 spiro atoms. The third-order valence-electron chi connectivity index (χ3n) is 5.68. The van der Waals surface area contributed by atoms with E-state index in [1.807, 2.05) is 0 Å². The lowest BCUT2D eigenvalue weighted by Crippen LogP contribution is -2.52. The molecule has 202 valence electrons. The normalized spacial score (nSPS) is 12.2. The third-order valence-corrected chi connectivity index (χ3v) is 8.05. The number of rotatable bonds is 10. The topological polar surface area (TPSA) is 86.8 Å². The summed E-state index contributed by atoms with van der Waals surface area (Å²) >= 11 is 12.4. The van der Waals surface area contributed by atoms with E-state index >= 15 is 0 Å². The molecule has 1 atom stereocenters. The third kappa shape index (κ3) is 7.24. The number of nitrogens with one attached hydrogen (secondary N) is 1. The van der Waals surface area contributed by atoms with E-state index in [9.17, 15) is 22.4 Å². The van der Waals surface area contributed by atoms with Crippen LogP contribution in [0.5, 0.6) is 0 Å². The van der Waals surface area contributed by atoms with Crippen molar-refractivity contribution in [1.29, 1.82) is 0 Å². The summed E-state index contributed by atoms with van der Waals surface area (Å²) in [5.74, 6) is -1.65. The van der Waals surface area contributed by atoms with Crippen molar-refractivity contribution in [1.82, 2.24) is 10.2 Å². The summed E-state index contributed by atoms with van der Waals surface area (Å²) in [7, 11) is -4.28. The molecule has 11 heteroatoms. The van der Waals surface area contributed by atoms with Crippen molar-refractivity contribution in [3.05, 3.63) is 94.2 Å². The number of carbonyl (C=O) groups is 2. The van der Waals surface area contributed by atoms with Crippen molar-refractivity contribution < 1.29 is 22.4 Å². The molecule has 3 aromatic rings. The van der Waals surface area contributed by atoms with Crippen LogP contribution < -0.4 is 9.62 Å². The Morgan fingerprint density at radius 2 is 1.58 bits per heavy atom. The first-order chi connectivity index (χ1) is 17.9. The fraction of sp³-hybridized carbons (Fsp3) is 0.259. The molecule has 38 heavy (non-hydrogen) atoms. The summed E-state index contributed by atoms with van der Waals surface area (Å²) < 4.78 is 41.7. The molecule has 0 bridgehead atoms. The standard InChI is InChI=1S/C27H28Cl2FN3O4S/c1-18(2)31-27(35)19(3)32(16-20-9-10-21(28)15-25(20)29)26(34)17-33(23-7-5-4-6-8-23)38(36,37)24-13-11-22(30)12-14-24/h4-15,18-19H,16-17H2,1-3H3,(H,31,35). The van der Waals surface area contributed by atoms with Gasteiger partial charge in [0.05, 0.1) is 10.6 Å². The second-order valence-electron chi connectivity index (χ2n) is 8.90. The zero-order chi connectivity index (χ0) is 28.0. The lowest BCUT2D eigenvalue weighted by Gasteiger charge is -2.32. The van der Waals surface area contributed by atoms with Gasteiger partial charge in [-0.15, -0.1) is 0 Å². The average molecular weight is 581 g/mol. The van der Waals surface area contributed by atoms with Crippen molar-refractivity contribution in [2.75, 3.05) is 10.8 Å². The summed E-state index contributed by atoms with van der Waals surface area (Å²) in [6.45, 7) is 4.45. The molecule has 7 nitrogen and oxygen atoms in total. The smallest absolute Gasteiger partial charge is 0.264 e. The zero-order valence-electron chi connectivity index (χ0n) is 21.1. The molecule has 0 aliphatic carbocycles. The predicted octanol–water partition coefficient (Wildman–Crippen LogP) is 5.27. The summed E-state index contributed by atoms with van der Waals surface area (Å²) in [5, 5.41) is 3.48. The van der Waals surface area contributed by atoms with Gasteiger partial charge in [-0.2, -0.15) is 0 Å². The van der Waals surface area contributed by atoms with E-state index in [1.165, 1.54) is 11.0 Å². The first-order valence-corrected chi connectivity index (χ1v) is 14.0. The molecule has 3 rings (SSSR count). The maximum absolute atomic E-state index is 13.8. The number of para-hydroxylation sites is 1. The van der Waals surface area contributed by atoms with E-state index in [4.69, 9.17) is 23.2 Å². The Balaban J connectivity index is 2.02. The van der Waals surface area contributed by atoms with E-state index < -0.39 is 40.2 Å². The Labute approximate surface area is 232 Å². The Morgan fingerprint density at radius 1 is 0.947 bits per heavy atom. The maximum Gasteiger partial charge on any atom is 0.264 e. The number of anilines is 1. The SMILES string of the molecule is CC(C)NC(=O)C(C)N(Cc1ccc(Cl)cc1Cl)C(=O)CN(c1ccccc1)S(=O)(=O)c1ccc(F)cc1. The van der Waals surface area contributed by atoms with Crippen LogP contribution >= 0.6 is 23.2 Å². The molecule has 1 N–H and O–H groups in total. The molecule has 0 heterocycles. The molecule has 1 unspecified atom stereocenters. The fourth-order valence-corrected chi connectivity index (χ4v) is 5.56. The number of benzene rings is 3. The highest BCUT2D eigenvalue weighted by atomic mass is 35.5. The van der Waals surface area contributed by atoms with Crippen LogP contribution in [-0.4, -0.2) is 43.8 Å². The van der Waals surface area contributed by atoms with Crippen LogP contribution in [0, 0.1) is 5.82 Å². The van der Waals surface area contributed by atoms with Gasteiger partial charge in [0, 0.05) is 22.6 Å². The van der Waals surface area contributed by atoms with Crippen molar-refractivity contribution in [2.24, 2.45) is 0 Å². The summed E-state index contributed by atoms with van der Waals surface area (Å²) in [4.78, 5) is 27.8. The van der Waals surface area contributed by atoms with Crippen LogP contribution in [0.3, 0.4) is 0 Å². The van der Waals surface area contributed by atoms with Crippen LogP contribution in [0.4, 0.5) is 10.1 Å².